The lowest BCUT2D eigenvalue weighted by Crippen LogP contribution is -2.31. The van der Waals surface area contributed by atoms with Gasteiger partial charge in [-0.3, -0.25) is 4.79 Å². The molecule has 8 heteroatoms. The molecular formula is C18H16FNO4S2. The highest BCUT2D eigenvalue weighted by molar-refractivity contribution is 7.91. The summed E-state index contributed by atoms with van der Waals surface area (Å²) in [6, 6.07) is 10.1. The molecule has 3 aromatic rings. The maximum Gasteiger partial charge on any atom is 0.261 e. The van der Waals surface area contributed by atoms with Gasteiger partial charge in [-0.05, 0) is 54.3 Å². The third-order valence-electron chi connectivity index (χ3n) is 3.89. The summed E-state index contributed by atoms with van der Waals surface area (Å²) in [5.74, 6) is -0.634. The van der Waals surface area contributed by atoms with Crippen LogP contribution in [0.15, 0.2) is 63.4 Å². The van der Waals surface area contributed by atoms with Crippen molar-refractivity contribution >= 4 is 27.1 Å². The molecule has 5 nitrogen and oxygen atoms in total. The first-order valence-electron chi connectivity index (χ1n) is 7.75. The molecule has 0 fully saturated rings. The second-order valence-corrected chi connectivity index (χ2v) is 8.73. The Hall–Kier alpha value is -2.45. The molecule has 1 atom stereocenters. The number of aryl methyl sites for hydroxylation is 1. The highest BCUT2D eigenvalue weighted by atomic mass is 32.2. The zero-order chi connectivity index (χ0) is 18.7. The fourth-order valence-corrected chi connectivity index (χ4v) is 4.79. The van der Waals surface area contributed by atoms with Crippen molar-refractivity contribution in [1.82, 2.24) is 5.32 Å². The molecule has 0 aliphatic carbocycles. The molecule has 0 radical (unpaired) electrons. The van der Waals surface area contributed by atoms with E-state index >= 15 is 0 Å². The Bertz CT molecular complexity index is 996. The monoisotopic (exact) mass is 393 g/mol. The van der Waals surface area contributed by atoms with Crippen LogP contribution in [0.1, 0.15) is 26.2 Å². The summed E-state index contributed by atoms with van der Waals surface area (Å²) in [7, 11) is -3.90. The molecule has 0 aliphatic rings. The number of thiophene rings is 1. The van der Waals surface area contributed by atoms with E-state index in [4.69, 9.17) is 4.42 Å². The molecule has 1 N–H and O–H groups in total. The number of benzene rings is 1. The van der Waals surface area contributed by atoms with E-state index in [1.54, 1.807) is 23.6 Å². The van der Waals surface area contributed by atoms with Crippen LogP contribution in [0, 0.1) is 12.7 Å². The van der Waals surface area contributed by atoms with Crippen LogP contribution >= 0.6 is 11.3 Å². The number of carbonyl (C=O) groups excluding carboxylic acids is 1. The van der Waals surface area contributed by atoms with E-state index in [1.807, 2.05) is 0 Å². The number of halogens is 1. The Morgan fingerprint density at radius 2 is 2.08 bits per heavy atom. The van der Waals surface area contributed by atoms with Crippen molar-refractivity contribution in [3.63, 3.8) is 0 Å². The van der Waals surface area contributed by atoms with Crippen LogP contribution in [-0.2, 0) is 9.84 Å². The van der Waals surface area contributed by atoms with Crippen LogP contribution < -0.4 is 5.32 Å². The number of furan rings is 1. The molecule has 2 aromatic heterocycles. The number of hydrogen-bond acceptors (Lipinski definition) is 5. The van der Waals surface area contributed by atoms with Crippen molar-refractivity contribution in [2.24, 2.45) is 0 Å². The van der Waals surface area contributed by atoms with Gasteiger partial charge in [0.05, 0.1) is 16.0 Å². The average Bonchev–Trinajstić information content (AvgIpc) is 3.30. The Kier molecular flexibility index (Phi) is 5.24. The van der Waals surface area contributed by atoms with Crippen molar-refractivity contribution in [2.45, 2.75) is 17.1 Å². The minimum absolute atomic E-state index is 0.0248. The van der Waals surface area contributed by atoms with Gasteiger partial charge in [-0.2, -0.15) is 0 Å². The third-order valence-corrected chi connectivity index (χ3v) is 6.81. The highest BCUT2D eigenvalue weighted by Gasteiger charge is 2.32. The van der Waals surface area contributed by atoms with Crippen LogP contribution in [0.25, 0.3) is 0 Å². The van der Waals surface area contributed by atoms with Crippen molar-refractivity contribution in [3.8, 4) is 0 Å². The summed E-state index contributed by atoms with van der Waals surface area (Å²) in [6.45, 7) is 1.33. The van der Waals surface area contributed by atoms with Gasteiger partial charge in [0, 0.05) is 6.54 Å². The van der Waals surface area contributed by atoms with E-state index in [9.17, 15) is 17.6 Å². The summed E-state index contributed by atoms with van der Waals surface area (Å²) >= 11 is 1.26. The SMILES string of the molecule is Cc1cc(S(=O)(=O)[C@H](CNC(=O)c2cccs2)c2ccco2)ccc1F. The molecule has 1 aromatic carbocycles. The first kappa shape index (κ1) is 18.3. The first-order valence-corrected chi connectivity index (χ1v) is 10.2. The largest absolute Gasteiger partial charge is 0.468 e. The molecule has 136 valence electrons. The minimum atomic E-state index is -3.90. The third kappa shape index (κ3) is 3.71. The Labute approximate surface area is 154 Å². The molecule has 0 unspecified atom stereocenters. The van der Waals surface area contributed by atoms with Crippen molar-refractivity contribution < 1.29 is 22.0 Å². The number of nitrogens with one attached hydrogen (secondary N) is 1. The number of hydrogen-bond donors (Lipinski definition) is 1. The second-order valence-electron chi connectivity index (χ2n) is 5.65. The fourth-order valence-electron chi connectivity index (χ4n) is 2.48. The average molecular weight is 393 g/mol. The molecule has 0 spiro atoms. The van der Waals surface area contributed by atoms with Gasteiger partial charge in [0.15, 0.2) is 9.84 Å². The fraction of sp³-hybridized carbons (Fsp3) is 0.167. The number of carbonyl (C=O) groups is 1. The van der Waals surface area contributed by atoms with Crippen molar-refractivity contribution in [1.29, 1.82) is 0 Å². The summed E-state index contributed by atoms with van der Waals surface area (Å²) in [5.41, 5.74) is 0.229. The van der Waals surface area contributed by atoms with E-state index in [1.165, 1.54) is 42.7 Å². The molecule has 2 heterocycles. The predicted octanol–water partition coefficient (Wildman–Crippen LogP) is 3.73. The smallest absolute Gasteiger partial charge is 0.261 e. The van der Waals surface area contributed by atoms with Gasteiger partial charge in [0.2, 0.25) is 0 Å². The van der Waals surface area contributed by atoms with Crippen LogP contribution in [0.5, 0.6) is 0 Å². The lowest BCUT2D eigenvalue weighted by Gasteiger charge is -2.17. The van der Waals surface area contributed by atoms with Crippen LogP contribution in [0.2, 0.25) is 0 Å². The predicted molar refractivity (Wildman–Crippen MR) is 96.4 cm³/mol. The van der Waals surface area contributed by atoms with Gasteiger partial charge < -0.3 is 9.73 Å². The van der Waals surface area contributed by atoms with Gasteiger partial charge in [-0.15, -0.1) is 11.3 Å². The zero-order valence-corrected chi connectivity index (χ0v) is 15.4. The Morgan fingerprint density at radius 1 is 1.27 bits per heavy atom. The van der Waals surface area contributed by atoms with Crippen molar-refractivity contribution in [3.05, 3.63) is 76.1 Å². The molecular weight excluding hydrogens is 377 g/mol. The molecule has 0 bridgehead atoms. The standard InChI is InChI=1S/C18H16FNO4S2/c1-12-10-13(6-7-14(12)19)26(22,23)17(15-4-2-8-24-15)11-20-18(21)16-5-3-9-25-16/h2-10,17H,11H2,1H3,(H,20,21)/t17-/m1/s1. The summed E-state index contributed by atoms with van der Waals surface area (Å²) in [5, 5.41) is 3.28. The van der Waals surface area contributed by atoms with Gasteiger partial charge >= 0.3 is 0 Å². The van der Waals surface area contributed by atoms with E-state index in [-0.39, 0.29) is 28.7 Å². The van der Waals surface area contributed by atoms with E-state index in [2.05, 4.69) is 5.32 Å². The minimum Gasteiger partial charge on any atom is -0.468 e. The van der Waals surface area contributed by atoms with Gasteiger partial charge in [-0.25, -0.2) is 12.8 Å². The maximum atomic E-state index is 13.5. The van der Waals surface area contributed by atoms with Crippen molar-refractivity contribution in [2.75, 3.05) is 6.54 Å². The summed E-state index contributed by atoms with van der Waals surface area (Å²) in [6.07, 6.45) is 1.37. The normalized spacial score (nSPS) is 12.7. The number of rotatable bonds is 6. The van der Waals surface area contributed by atoms with Gasteiger partial charge in [0.1, 0.15) is 16.8 Å². The summed E-state index contributed by atoms with van der Waals surface area (Å²) < 4.78 is 44.9. The number of sulfone groups is 1. The van der Waals surface area contributed by atoms with Gasteiger partial charge in [-0.1, -0.05) is 6.07 Å². The molecule has 26 heavy (non-hydrogen) atoms. The van der Waals surface area contributed by atoms with Crippen LogP contribution in [0.4, 0.5) is 4.39 Å². The highest BCUT2D eigenvalue weighted by Crippen LogP contribution is 2.30. The zero-order valence-electron chi connectivity index (χ0n) is 13.8. The number of amides is 1. The second kappa shape index (κ2) is 7.43. The summed E-state index contributed by atoms with van der Waals surface area (Å²) in [4.78, 5) is 12.6. The first-order chi connectivity index (χ1) is 12.4. The Balaban J connectivity index is 1.90. The Morgan fingerprint density at radius 3 is 2.69 bits per heavy atom. The van der Waals surface area contributed by atoms with E-state index in [0.29, 0.717) is 4.88 Å². The molecule has 0 aliphatic heterocycles. The van der Waals surface area contributed by atoms with Crippen LogP contribution in [0.3, 0.4) is 0 Å². The lowest BCUT2D eigenvalue weighted by molar-refractivity contribution is 0.0957. The lowest BCUT2D eigenvalue weighted by atomic mass is 10.2. The molecule has 3 rings (SSSR count). The quantitative estimate of drug-likeness (QED) is 0.648. The van der Waals surface area contributed by atoms with E-state index < -0.39 is 20.9 Å². The maximum absolute atomic E-state index is 13.5. The van der Waals surface area contributed by atoms with E-state index in [0.717, 1.165) is 6.07 Å². The topological polar surface area (TPSA) is 76.4 Å². The van der Waals surface area contributed by atoms with Crippen LogP contribution in [-0.4, -0.2) is 20.9 Å². The molecule has 0 saturated carbocycles. The molecule has 0 saturated heterocycles. The molecule has 1 amide bonds. The van der Waals surface area contributed by atoms with Gasteiger partial charge in [0.25, 0.3) is 5.91 Å².